The van der Waals surface area contributed by atoms with Crippen molar-refractivity contribution in [3.63, 3.8) is 0 Å². The molecule has 0 saturated carbocycles. The van der Waals surface area contributed by atoms with E-state index in [-0.39, 0.29) is 5.97 Å². The fourth-order valence-electron chi connectivity index (χ4n) is 1.29. The molecule has 0 bridgehead atoms. The predicted octanol–water partition coefficient (Wildman–Crippen LogP) is 4.37. The van der Waals surface area contributed by atoms with E-state index in [1.165, 1.54) is 0 Å². The zero-order valence-electron chi connectivity index (χ0n) is 11.4. The minimum atomic E-state index is -1.70. The van der Waals surface area contributed by atoms with Gasteiger partial charge in [0.15, 0.2) is 7.38 Å². The summed E-state index contributed by atoms with van der Waals surface area (Å²) in [6, 6.07) is 0. The molecule has 0 aromatic carbocycles. The number of carbonyl (C=O) groups is 1. The number of rotatable bonds is 6. The summed E-state index contributed by atoms with van der Waals surface area (Å²) in [5.74, 6) is -0.0413. The van der Waals surface area contributed by atoms with Gasteiger partial charge in [-0.3, -0.25) is 4.79 Å². The van der Waals surface area contributed by atoms with Crippen molar-refractivity contribution in [3.8, 4) is 0 Å². The zero-order chi connectivity index (χ0) is 13.0. The van der Waals surface area contributed by atoms with Gasteiger partial charge in [0.2, 0.25) is 8.32 Å². The summed E-state index contributed by atoms with van der Waals surface area (Å²) in [6.45, 7) is 12.6. The summed E-state index contributed by atoms with van der Waals surface area (Å²) in [4.78, 5) is 11.5. The first kappa shape index (κ1) is 16.2. The van der Waals surface area contributed by atoms with Crippen LogP contribution in [-0.4, -0.2) is 21.7 Å². The molecule has 16 heavy (non-hydrogen) atoms. The fourth-order valence-corrected chi connectivity index (χ4v) is 3.29. The Labute approximate surface area is 107 Å². The van der Waals surface area contributed by atoms with Crippen LogP contribution in [0, 0.1) is 0 Å². The van der Waals surface area contributed by atoms with E-state index < -0.39 is 15.7 Å². The predicted molar refractivity (Wildman–Crippen MR) is 76.0 cm³/mol. The average molecular weight is 281 g/mol. The minimum Gasteiger partial charge on any atom is -0.520 e. The molecule has 0 rings (SSSR count). The van der Waals surface area contributed by atoms with E-state index in [9.17, 15) is 4.79 Å². The van der Waals surface area contributed by atoms with Crippen LogP contribution in [0.25, 0.3) is 0 Å². The normalized spacial score (nSPS) is 14.7. The monoisotopic (exact) mass is 280 g/mol. The third kappa shape index (κ3) is 8.36. The van der Waals surface area contributed by atoms with Gasteiger partial charge in [0.05, 0.1) is 0 Å². The van der Waals surface area contributed by atoms with E-state index >= 15 is 0 Å². The second-order valence-corrected chi connectivity index (χ2v) is 17.4. The molecule has 0 spiro atoms. The average Bonchev–Trinajstić information content (AvgIpc) is 1.98. The second kappa shape index (κ2) is 6.21. The standard InChI is InChI=1S/C11H25ClO2Si2/c1-10(16(5,6)12)8-7-9-11(13)14-15(2,3)4/h10H,7-9H2,1-6H3. The summed E-state index contributed by atoms with van der Waals surface area (Å²) in [5, 5.41) is 0. The number of halogens is 1. The van der Waals surface area contributed by atoms with Crippen LogP contribution in [0.15, 0.2) is 0 Å². The molecule has 1 unspecified atom stereocenters. The van der Waals surface area contributed by atoms with Crippen molar-refractivity contribution in [2.24, 2.45) is 0 Å². The van der Waals surface area contributed by atoms with E-state index in [4.69, 9.17) is 15.5 Å². The van der Waals surface area contributed by atoms with Crippen molar-refractivity contribution in [2.45, 2.75) is 64.5 Å². The Balaban J connectivity index is 3.79. The summed E-state index contributed by atoms with van der Waals surface area (Å²) in [7, 11) is -3.25. The molecule has 0 saturated heterocycles. The molecular weight excluding hydrogens is 256 g/mol. The lowest BCUT2D eigenvalue weighted by atomic mass is 10.2. The van der Waals surface area contributed by atoms with Crippen molar-refractivity contribution in [1.82, 2.24) is 0 Å². The zero-order valence-corrected chi connectivity index (χ0v) is 14.1. The topological polar surface area (TPSA) is 26.3 Å². The summed E-state index contributed by atoms with van der Waals surface area (Å²) in [6.07, 6.45) is 2.47. The molecule has 0 fully saturated rings. The maximum atomic E-state index is 11.5. The van der Waals surface area contributed by atoms with Crippen LogP contribution in [0.1, 0.15) is 26.2 Å². The number of hydrogen-bond donors (Lipinski definition) is 0. The van der Waals surface area contributed by atoms with Crippen molar-refractivity contribution < 1.29 is 9.22 Å². The molecule has 0 N–H and O–H groups in total. The highest BCUT2D eigenvalue weighted by molar-refractivity contribution is 7.19. The SMILES string of the molecule is CC(CCCC(=O)O[Si](C)(C)C)[Si](C)(C)Cl. The van der Waals surface area contributed by atoms with E-state index in [1.54, 1.807) is 0 Å². The lowest BCUT2D eigenvalue weighted by molar-refractivity contribution is -0.135. The van der Waals surface area contributed by atoms with Crippen molar-refractivity contribution >= 4 is 32.7 Å². The highest BCUT2D eigenvalue weighted by Gasteiger charge is 2.26. The van der Waals surface area contributed by atoms with Crippen LogP contribution in [-0.2, 0) is 9.22 Å². The maximum Gasteiger partial charge on any atom is 0.292 e. The van der Waals surface area contributed by atoms with Gasteiger partial charge in [0, 0.05) is 6.42 Å². The molecule has 2 nitrogen and oxygen atoms in total. The van der Waals surface area contributed by atoms with Crippen LogP contribution < -0.4 is 0 Å². The van der Waals surface area contributed by atoms with Crippen LogP contribution >= 0.6 is 11.1 Å². The highest BCUT2D eigenvalue weighted by atomic mass is 35.6. The Hall–Kier alpha value is 0.194. The van der Waals surface area contributed by atoms with Crippen LogP contribution in [0.4, 0.5) is 0 Å². The first-order valence-corrected chi connectivity index (χ1v) is 13.4. The van der Waals surface area contributed by atoms with Crippen molar-refractivity contribution in [3.05, 3.63) is 0 Å². The molecule has 0 amide bonds. The molecule has 96 valence electrons. The molecule has 0 aliphatic carbocycles. The van der Waals surface area contributed by atoms with Gasteiger partial charge < -0.3 is 4.43 Å². The smallest absolute Gasteiger partial charge is 0.292 e. The Morgan fingerprint density at radius 2 is 1.75 bits per heavy atom. The third-order valence-corrected chi connectivity index (χ3v) is 7.20. The van der Waals surface area contributed by atoms with Gasteiger partial charge in [0.1, 0.15) is 0 Å². The molecule has 0 heterocycles. The van der Waals surface area contributed by atoms with Gasteiger partial charge in [-0.15, -0.1) is 0 Å². The van der Waals surface area contributed by atoms with Crippen molar-refractivity contribution in [1.29, 1.82) is 0 Å². The van der Waals surface area contributed by atoms with E-state index in [0.717, 1.165) is 12.8 Å². The Morgan fingerprint density at radius 1 is 1.25 bits per heavy atom. The Kier molecular flexibility index (Phi) is 6.29. The van der Waals surface area contributed by atoms with Gasteiger partial charge >= 0.3 is 0 Å². The molecule has 0 aliphatic rings. The molecule has 0 radical (unpaired) electrons. The van der Waals surface area contributed by atoms with Gasteiger partial charge in [-0.25, -0.2) is 0 Å². The highest BCUT2D eigenvalue weighted by Crippen LogP contribution is 2.29. The van der Waals surface area contributed by atoms with E-state index in [0.29, 0.717) is 12.0 Å². The summed E-state index contributed by atoms with van der Waals surface area (Å²) in [5.41, 5.74) is 0.550. The van der Waals surface area contributed by atoms with Crippen LogP contribution in [0.5, 0.6) is 0 Å². The first-order chi connectivity index (χ1) is 7.02. The van der Waals surface area contributed by atoms with Gasteiger partial charge in [-0.2, -0.15) is 11.1 Å². The van der Waals surface area contributed by atoms with Crippen LogP contribution in [0.3, 0.4) is 0 Å². The molecule has 1 atom stereocenters. The van der Waals surface area contributed by atoms with E-state index in [1.807, 2.05) is 19.6 Å². The summed E-state index contributed by atoms with van der Waals surface area (Å²) >= 11 is 6.33. The molecule has 0 aromatic heterocycles. The molecule has 5 heteroatoms. The second-order valence-electron chi connectivity index (χ2n) is 5.94. The largest absolute Gasteiger partial charge is 0.520 e. The quantitative estimate of drug-likeness (QED) is 0.533. The molecule has 0 aliphatic heterocycles. The van der Waals surface area contributed by atoms with Crippen molar-refractivity contribution in [2.75, 3.05) is 0 Å². The first-order valence-electron chi connectivity index (χ1n) is 5.93. The van der Waals surface area contributed by atoms with Gasteiger partial charge in [-0.1, -0.05) is 26.4 Å². The number of hydrogen-bond acceptors (Lipinski definition) is 2. The maximum absolute atomic E-state index is 11.5. The Morgan fingerprint density at radius 3 is 2.12 bits per heavy atom. The Bertz CT molecular complexity index is 231. The fraction of sp³-hybridized carbons (Fsp3) is 0.909. The lowest BCUT2D eigenvalue weighted by Crippen LogP contribution is -2.29. The minimum absolute atomic E-state index is 0.0413. The van der Waals surface area contributed by atoms with Gasteiger partial charge in [0.25, 0.3) is 5.97 Å². The summed E-state index contributed by atoms with van der Waals surface area (Å²) < 4.78 is 5.38. The number of carbonyl (C=O) groups excluding carboxylic acids is 1. The molecular formula is C11H25ClO2Si2. The van der Waals surface area contributed by atoms with E-state index in [2.05, 4.69) is 20.0 Å². The lowest BCUT2D eigenvalue weighted by Gasteiger charge is -2.22. The van der Waals surface area contributed by atoms with Gasteiger partial charge in [-0.05, 0) is 31.6 Å². The van der Waals surface area contributed by atoms with Crippen LogP contribution in [0.2, 0.25) is 38.3 Å². The molecule has 0 aromatic rings. The third-order valence-electron chi connectivity index (χ3n) is 2.61.